The molecular weight excluding hydrogens is 250 g/mol. The van der Waals surface area contributed by atoms with Gasteiger partial charge in [-0.1, -0.05) is 36.8 Å². The van der Waals surface area contributed by atoms with Gasteiger partial charge in [-0.15, -0.1) is 0 Å². The number of hydrogen-bond donors (Lipinski definition) is 2. The number of amides is 1. The highest BCUT2D eigenvalue weighted by atomic mass is 16.2. The quantitative estimate of drug-likeness (QED) is 0.857. The molecule has 110 valence electrons. The first kappa shape index (κ1) is 15.0. The van der Waals surface area contributed by atoms with Crippen LogP contribution in [0.3, 0.4) is 0 Å². The molecule has 1 aliphatic carbocycles. The molecule has 1 aromatic carbocycles. The summed E-state index contributed by atoms with van der Waals surface area (Å²) in [6.45, 7) is 0.789. The molecule has 0 aliphatic heterocycles. The van der Waals surface area contributed by atoms with E-state index in [1.807, 2.05) is 32.3 Å². The van der Waals surface area contributed by atoms with Crippen LogP contribution in [0.25, 0.3) is 0 Å². The van der Waals surface area contributed by atoms with E-state index in [0.717, 1.165) is 31.4 Å². The minimum atomic E-state index is -0.0247. The Morgan fingerprint density at radius 3 is 2.60 bits per heavy atom. The zero-order chi connectivity index (χ0) is 14.5. The van der Waals surface area contributed by atoms with Gasteiger partial charge in [-0.2, -0.15) is 0 Å². The number of nitrogens with one attached hydrogen (secondary N) is 1. The minimum Gasteiger partial charge on any atom is -0.348 e. The summed E-state index contributed by atoms with van der Waals surface area (Å²) in [5, 5.41) is 3.18. The van der Waals surface area contributed by atoms with Crippen molar-refractivity contribution in [3.63, 3.8) is 0 Å². The Kier molecular flexibility index (Phi) is 5.15. The van der Waals surface area contributed by atoms with Gasteiger partial charge in [0.25, 0.3) is 0 Å². The maximum Gasteiger partial charge on any atom is 0.225 e. The third-order valence-electron chi connectivity index (χ3n) is 3.97. The van der Waals surface area contributed by atoms with Crippen LogP contribution < -0.4 is 11.1 Å². The summed E-state index contributed by atoms with van der Waals surface area (Å²) < 4.78 is 0. The zero-order valence-corrected chi connectivity index (χ0v) is 12.4. The van der Waals surface area contributed by atoms with E-state index in [0.29, 0.717) is 0 Å². The number of rotatable bonds is 5. The van der Waals surface area contributed by atoms with Gasteiger partial charge in [0.2, 0.25) is 5.91 Å². The van der Waals surface area contributed by atoms with Gasteiger partial charge in [0.15, 0.2) is 0 Å². The van der Waals surface area contributed by atoms with E-state index < -0.39 is 0 Å². The molecule has 20 heavy (non-hydrogen) atoms. The fraction of sp³-hybridized carbons (Fsp3) is 0.562. The molecule has 0 spiro atoms. The average Bonchev–Trinajstić information content (AvgIpc) is 2.85. The molecule has 3 atom stereocenters. The SMILES string of the molecule is CN(C)CC(NC(=O)C1CCCC1N)c1ccccc1. The molecule has 1 aliphatic rings. The topological polar surface area (TPSA) is 58.4 Å². The van der Waals surface area contributed by atoms with Gasteiger partial charge in [-0.05, 0) is 32.5 Å². The molecule has 2 rings (SSSR count). The van der Waals surface area contributed by atoms with Crippen LogP contribution in [-0.2, 0) is 4.79 Å². The van der Waals surface area contributed by atoms with Gasteiger partial charge in [0, 0.05) is 12.6 Å². The van der Waals surface area contributed by atoms with Crippen molar-refractivity contribution < 1.29 is 4.79 Å². The number of benzene rings is 1. The summed E-state index contributed by atoms with van der Waals surface area (Å²) in [6, 6.07) is 10.2. The number of hydrogen-bond acceptors (Lipinski definition) is 3. The van der Waals surface area contributed by atoms with Crippen LogP contribution in [-0.4, -0.2) is 37.5 Å². The van der Waals surface area contributed by atoms with E-state index in [4.69, 9.17) is 5.73 Å². The molecule has 4 nitrogen and oxygen atoms in total. The molecule has 3 N–H and O–H groups in total. The van der Waals surface area contributed by atoms with Gasteiger partial charge in [0.05, 0.1) is 12.0 Å². The molecule has 0 saturated heterocycles. The number of nitrogens with two attached hydrogens (primary N) is 1. The van der Waals surface area contributed by atoms with Gasteiger partial charge >= 0.3 is 0 Å². The van der Waals surface area contributed by atoms with Crippen LogP contribution in [0, 0.1) is 5.92 Å². The monoisotopic (exact) mass is 275 g/mol. The molecule has 0 heterocycles. The van der Waals surface area contributed by atoms with Crippen LogP contribution in [0.1, 0.15) is 30.9 Å². The Labute approximate surface area is 121 Å². The Bertz CT molecular complexity index is 433. The highest BCUT2D eigenvalue weighted by molar-refractivity contribution is 5.80. The van der Waals surface area contributed by atoms with Crippen LogP contribution >= 0.6 is 0 Å². The second-order valence-corrected chi connectivity index (χ2v) is 5.94. The van der Waals surface area contributed by atoms with Crippen molar-refractivity contribution >= 4 is 5.91 Å². The predicted octanol–water partition coefficient (Wildman–Crippen LogP) is 1.53. The van der Waals surface area contributed by atoms with Gasteiger partial charge in [-0.25, -0.2) is 0 Å². The van der Waals surface area contributed by atoms with Gasteiger partial charge in [0.1, 0.15) is 0 Å². The van der Waals surface area contributed by atoms with E-state index in [1.54, 1.807) is 0 Å². The number of likely N-dealkylation sites (N-methyl/N-ethyl adjacent to an activating group) is 1. The molecule has 4 heteroatoms. The lowest BCUT2D eigenvalue weighted by Gasteiger charge is -2.25. The van der Waals surface area contributed by atoms with E-state index in [2.05, 4.69) is 22.3 Å². The van der Waals surface area contributed by atoms with Crippen LogP contribution in [0.5, 0.6) is 0 Å². The summed E-state index contributed by atoms with van der Waals surface area (Å²) in [5.74, 6) is 0.0778. The fourth-order valence-corrected chi connectivity index (χ4v) is 2.88. The van der Waals surface area contributed by atoms with Crippen LogP contribution in [0.4, 0.5) is 0 Å². The minimum absolute atomic E-state index is 0.0192. The van der Waals surface area contributed by atoms with Crippen molar-refractivity contribution in [2.24, 2.45) is 11.7 Å². The summed E-state index contributed by atoms with van der Waals surface area (Å²) in [7, 11) is 4.03. The zero-order valence-electron chi connectivity index (χ0n) is 12.4. The second-order valence-electron chi connectivity index (χ2n) is 5.94. The first-order valence-corrected chi connectivity index (χ1v) is 7.33. The fourth-order valence-electron chi connectivity index (χ4n) is 2.88. The lowest BCUT2D eigenvalue weighted by atomic mass is 10.0. The molecule has 1 aromatic rings. The summed E-state index contributed by atoms with van der Waals surface area (Å²) in [5.41, 5.74) is 7.16. The third kappa shape index (κ3) is 3.81. The number of carbonyl (C=O) groups is 1. The van der Waals surface area contributed by atoms with Gasteiger partial charge < -0.3 is 16.0 Å². The smallest absolute Gasteiger partial charge is 0.225 e. The molecule has 0 radical (unpaired) electrons. The highest BCUT2D eigenvalue weighted by Crippen LogP contribution is 2.25. The normalized spacial score (nSPS) is 23.8. The Balaban J connectivity index is 2.06. The van der Waals surface area contributed by atoms with Crippen molar-refractivity contribution in [2.75, 3.05) is 20.6 Å². The van der Waals surface area contributed by atoms with Crippen molar-refractivity contribution in [3.05, 3.63) is 35.9 Å². The molecule has 0 bridgehead atoms. The standard InChI is InChI=1S/C16H25N3O/c1-19(2)11-15(12-7-4-3-5-8-12)18-16(20)13-9-6-10-14(13)17/h3-5,7-8,13-15H,6,9-11,17H2,1-2H3,(H,18,20). The average molecular weight is 275 g/mol. The Morgan fingerprint density at radius 2 is 2.05 bits per heavy atom. The third-order valence-corrected chi connectivity index (χ3v) is 3.97. The molecule has 0 aromatic heterocycles. The first-order chi connectivity index (χ1) is 9.58. The molecule has 1 saturated carbocycles. The summed E-state index contributed by atoms with van der Waals surface area (Å²) in [4.78, 5) is 14.5. The number of nitrogens with zero attached hydrogens (tertiary/aromatic N) is 1. The maximum atomic E-state index is 12.4. The summed E-state index contributed by atoms with van der Waals surface area (Å²) >= 11 is 0. The second kappa shape index (κ2) is 6.86. The molecule has 1 fully saturated rings. The van der Waals surface area contributed by atoms with Crippen molar-refractivity contribution in [3.8, 4) is 0 Å². The number of carbonyl (C=O) groups excluding carboxylic acids is 1. The van der Waals surface area contributed by atoms with Crippen LogP contribution in [0.2, 0.25) is 0 Å². The Hall–Kier alpha value is -1.39. The summed E-state index contributed by atoms with van der Waals surface area (Å²) in [6.07, 6.45) is 2.93. The molecule has 3 unspecified atom stereocenters. The van der Waals surface area contributed by atoms with Crippen LogP contribution in [0.15, 0.2) is 30.3 Å². The predicted molar refractivity (Wildman–Crippen MR) is 81.2 cm³/mol. The molecule has 1 amide bonds. The van der Waals surface area contributed by atoms with Crippen molar-refractivity contribution in [1.29, 1.82) is 0 Å². The van der Waals surface area contributed by atoms with E-state index in [9.17, 15) is 4.79 Å². The van der Waals surface area contributed by atoms with Crippen molar-refractivity contribution in [1.82, 2.24) is 10.2 Å². The lowest BCUT2D eigenvalue weighted by molar-refractivity contribution is -0.126. The Morgan fingerprint density at radius 1 is 1.35 bits per heavy atom. The van der Waals surface area contributed by atoms with E-state index >= 15 is 0 Å². The highest BCUT2D eigenvalue weighted by Gasteiger charge is 2.31. The van der Waals surface area contributed by atoms with E-state index in [-0.39, 0.29) is 23.9 Å². The van der Waals surface area contributed by atoms with Crippen molar-refractivity contribution in [2.45, 2.75) is 31.3 Å². The van der Waals surface area contributed by atoms with Gasteiger partial charge in [-0.3, -0.25) is 4.79 Å². The molecular formula is C16H25N3O. The maximum absolute atomic E-state index is 12.4. The first-order valence-electron chi connectivity index (χ1n) is 7.33. The largest absolute Gasteiger partial charge is 0.348 e. The lowest BCUT2D eigenvalue weighted by Crippen LogP contribution is -2.42. The van der Waals surface area contributed by atoms with E-state index in [1.165, 1.54) is 0 Å².